The van der Waals surface area contributed by atoms with Crippen molar-refractivity contribution in [3.05, 3.63) is 18.3 Å². The van der Waals surface area contributed by atoms with E-state index in [9.17, 15) is 4.39 Å². The average molecular weight is 209 g/mol. The highest BCUT2D eigenvalue weighted by Crippen LogP contribution is 2.24. The summed E-state index contributed by atoms with van der Waals surface area (Å²) in [5.74, 6) is 1.02. The standard InChI is InChI=1S/C11H16FN3/c1-2-3-9-4-5-15(7-9)11-6-10(12)13-8-14-11/h6,8-9H,2-5,7H2,1H3. The highest BCUT2D eigenvalue weighted by molar-refractivity contribution is 5.38. The summed E-state index contributed by atoms with van der Waals surface area (Å²) in [6.07, 6.45) is 4.96. The Balaban J connectivity index is 2.01. The second-order valence-electron chi connectivity index (χ2n) is 4.09. The molecule has 0 amide bonds. The summed E-state index contributed by atoms with van der Waals surface area (Å²) in [6.45, 7) is 4.19. The van der Waals surface area contributed by atoms with Gasteiger partial charge in [-0.1, -0.05) is 13.3 Å². The summed E-state index contributed by atoms with van der Waals surface area (Å²) in [4.78, 5) is 9.70. The lowest BCUT2D eigenvalue weighted by molar-refractivity contribution is 0.529. The van der Waals surface area contributed by atoms with Gasteiger partial charge in [-0.3, -0.25) is 0 Å². The smallest absolute Gasteiger partial charge is 0.218 e. The van der Waals surface area contributed by atoms with E-state index in [1.807, 2.05) is 0 Å². The lowest BCUT2D eigenvalue weighted by atomic mass is 10.0. The Bertz CT molecular complexity index is 329. The highest BCUT2D eigenvalue weighted by atomic mass is 19.1. The van der Waals surface area contributed by atoms with Gasteiger partial charge in [-0.05, 0) is 18.8 Å². The number of hydrogen-bond acceptors (Lipinski definition) is 3. The molecular formula is C11H16FN3. The van der Waals surface area contributed by atoms with Gasteiger partial charge in [0.25, 0.3) is 0 Å². The van der Waals surface area contributed by atoms with Gasteiger partial charge in [0.15, 0.2) is 0 Å². The Hall–Kier alpha value is -1.19. The number of aromatic nitrogens is 2. The molecule has 1 aromatic heterocycles. The molecule has 1 aliphatic rings. The first-order valence-electron chi connectivity index (χ1n) is 5.52. The van der Waals surface area contributed by atoms with Crippen molar-refractivity contribution < 1.29 is 4.39 Å². The molecule has 1 fully saturated rings. The zero-order valence-corrected chi connectivity index (χ0v) is 8.99. The van der Waals surface area contributed by atoms with Gasteiger partial charge < -0.3 is 4.90 Å². The molecule has 1 atom stereocenters. The van der Waals surface area contributed by atoms with Crippen molar-refractivity contribution in [3.63, 3.8) is 0 Å². The van der Waals surface area contributed by atoms with Crippen molar-refractivity contribution in [1.82, 2.24) is 9.97 Å². The molecule has 0 N–H and O–H groups in total. The van der Waals surface area contributed by atoms with E-state index in [4.69, 9.17) is 0 Å². The van der Waals surface area contributed by atoms with Gasteiger partial charge in [-0.2, -0.15) is 4.39 Å². The second kappa shape index (κ2) is 4.55. The summed E-state index contributed by atoms with van der Waals surface area (Å²) < 4.78 is 12.9. The quantitative estimate of drug-likeness (QED) is 0.715. The Morgan fingerprint density at radius 1 is 1.53 bits per heavy atom. The third-order valence-electron chi connectivity index (χ3n) is 2.93. The van der Waals surface area contributed by atoms with Gasteiger partial charge in [0.1, 0.15) is 12.1 Å². The average Bonchev–Trinajstić information content (AvgIpc) is 2.67. The number of nitrogens with zero attached hydrogens (tertiary/aromatic N) is 3. The van der Waals surface area contributed by atoms with E-state index in [2.05, 4.69) is 21.8 Å². The molecule has 2 rings (SSSR count). The van der Waals surface area contributed by atoms with Crippen LogP contribution >= 0.6 is 0 Å². The third kappa shape index (κ3) is 2.43. The molecule has 0 aromatic carbocycles. The highest BCUT2D eigenvalue weighted by Gasteiger charge is 2.22. The van der Waals surface area contributed by atoms with Crippen LogP contribution in [0.2, 0.25) is 0 Å². The number of anilines is 1. The molecule has 0 bridgehead atoms. The van der Waals surface area contributed by atoms with E-state index >= 15 is 0 Å². The maximum absolute atomic E-state index is 12.9. The summed E-state index contributed by atoms with van der Waals surface area (Å²) >= 11 is 0. The van der Waals surface area contributed by atoms with Gasteiger partial charge in [0, 0.05) is 19.2 Å². The van der Waals surface area contributed by atoms with Crippen molar-refractivity contribution >= 4 is 5.82 Å². The second-order valence-corrected chi connectivity index (χ2v) is 4.09. The Morgan fingerprint density at radius 2 is 2.40 bits per heavy atom. The van der Waals surface area contributed by atoms with E-state index in [-0.39, 0.29) is 0 Å². The van der Waals surface area contributed by atoms with Crippen LogP contribution < -0.4 is 4.90 Å². The molecule has 0 saturated carbocycles. The Kier molecular flexibility index (Phi) is 3.14. The molecule has 82 valence electrons. The number of hydrogen-bond donors (Lipinski definition) is 0. The van der Waals surface area contributed by atoms with Crippen LogP contribution in [0.4, 0.5) is 10.2 Å². The molecule has 15 heavy (non-hydrogen) atoms. The maximum Gasteiger partial charge on any atom is 0.218 e. The van der Waals surface area contributed by atoms with E-state index < -0.39 is 5.95 Å². The first-order valence-corrected chi connectivity index (χ1v) is 5.52. The van der Waals surface area contributed by atoms with Crippen LogP contribution in [0.15, 0.2) is 12.4 Å². The van der Waals surface area contributed by atoms with Crippen molar-refractivity contribution in [1.29, 1.82) is 0 Å². The first kappa shape index (κ1) is 10.3. The van der Waals surface area contributed by atoms with E-state index in [1.165, 1.54) is 31.7 Å². The zero-order valence-electron chi connectivity index (χ0n) is 8.99. The predicted octanol–water partition coefficient (Wildman–Crippen LogP) is 2.24. The van der Waals surface area contributed by atoms with Gasteiger partial charge in [0.05, 0.1) is 0 Å². The van der Waals surface area contributed by atoms with Crippen LogP contribution in [0.5, 0.6) is 0 Å². The largest absolute Gasteiger partial charge is 0.356 e. The Labute approximate surface area is 89.3 Å². The molecule has 3 nitrogen and oxygen atoms in total. The molecule has 0 aliphatic carbocycles. The first-order chi connectivity index (χ1) is 7.29. The predicted molar refractivity (Wildman–Crippen MR) is 57.2 cm³/mol. The van der Waals surface area contributed by atoms with E-state index in [1.54, 1.807) is 0 Å². The van der Waals surface area contributed by atoms with Crippen molar-refractivity contribution in [2.45, 2.75) is 26.2 Å². The molecular weight excluding hydrogens is 193 g/mol. The monoisotopic (exact) mass is 209 g/mol. The molecule has 1 unspecified atom stereocenters. The molecule has 1 aromatic rings. The van der Waals surface area contributed by atoms with Crippen LogP contribution in [0.1, 0.15) is 26.2 Å². The van der Waals surface area contributed by atoms with Crippen molar-refractivity contribution in [3.8, 4) is 0 Å². The van der Waals surface area contributed by atoms with Crippen molar-refractivity contribution in [2.24, 2.45) is 5.92 Å². The normalized spacial score (nSPS) is 20.9. The third-order valence-corrected chi connectivity index (χ3v) is 2.93. The summed E-state index contributed by atoms with van der Waals surface area (Å²) in [5, 5.41) is 0. The topological polar surface area (TPSA) is 29.0 Å². The van der Waals surface area contributed by atoms with Gasteiger partial charge in [-0.15, -0.1) is 0 Å². The zero-order chi connectivity index (χ0) is 10.7. The molecule has 2 heterocycles. The van der Waals surface area contributed by atoms with Crippen LogP contribution in [0.25, 0.3) is 0 Å². The molecule has 1 saturated heterocycles. The minimum absolute atomic E-state index is 0.445. The lowest BCUT2D eigenvalue weighted by Gasteiger charge is -2.16. The van der Waals surface area contributed by atoms with Gasteiger partial charge in [-0.25, -0.2) is 9.97 Å². The number of halogens is 1. The van der Waals surface area contributed by atoms with Crippen LogP contribution in [-0.2, 0) is 0 Å². The number of rotatable bonds is 3. The molecule has 0 radical (unpaired) electrons. The Morgan fingerprint density at radius 3 is 3.13 bits per heavy atom. The molecule has 1 aliphatic heterocycles. The SMILES string of the molecule is CCCC1CCN(c2cc(F)ncn2)C1. The minimum atomic E-state index is -0.445. The van der Waals surface area contributed by atoms with Crippen LogP contribution in [0.3, 0.4) is 0 Å². The van der Waals surface area contributed by atoms with Crippen LogP contribution in [-0.4, -0.2) is 23.1 Å². The fraction of sp³-hybridized carbons (Fsp3) is 0.636. The van der Waals surface area contributed by atoms with Gasteiger partial charge in [0.2, 0.25) is 5.95 Å². The maximum atomic E-state index is 12.9. The van der Waals surface area contributed by atoms with Crippen LogP contribution in [0, 0.1) is 11.9 Å². The molecule has 4 heteroatoms. The molecule has 0 spiro atoms. The summed E-state index contributed by atoms with van der Waals surface area (Å²) in [6, 6.07) is 1.41. The summed E-state index contributed by atoms with van der Waals surface area (Å²) in [5.41, 5.74) is 0. The minimum Gasteiger partial charge on any atom is -0.356 e. The lowest BCUT2D eigenvalue weighted by Crippen LogP contribution is -2.21. The van der Waals surface area contributed by atoms with Crippen molar-refractivity contribution in [2.75, 3.05) is 18.0 Å². The summed E-state index contributed by atoms with van der Waals surface area (Å²) in [7, 11) is 0. The van der Waals surface area contributed by atoms with E-state index in [0.717, 1.165) is 24.8 Å². The van der Waals surface area contributed by atoms with Gasteiger partial charge >= 0.3 is 0 Å². The van der Waals surface area contributed by atoms with E-state index in [0.29, 0.717) is 0 Å². The fourth-order valence-electron chi connectivity index (χ4n) is 2.18. The fourth-order valence-corrected chi connectivity index (χ4v) is 2.18.